The van der Waals surface area contributed by atoms with E-state index in [4.69, 9.17) is 9.47 Å². The van der Waals surface area contributed by atoms with E-state index in [-0.39, 0.29) is 40.6 Å². The smallest absolute Gasteiger partial charge is 0.423 e. The number of nitrogens with one attached hydrogen (secondary N) is 2. The zero-order valence-corrected chi connectivity index (χ0v) is 18.9. The van der Waals surface area contributed by atoms with Crippen LogP contribution in [-0.4, -0.2) is 26.5 Å². The Morgan fingerprint density at radius 1 is 1.14 bits per heavy atom. The Morgan fingerprint density at radius 2 is 1.86 bits per heavy atom. The normalized spacial score (nSPS) is 16.9. The number of amides is 1. The number of carbonyl (C=O) groups excluding carboxylic acids is 1. The molecule has 0 aliphatic carbocycles. The molecule has 0 bridgehead atoms. The Bertz CT molecular complexity index is 1560. The van der Waals surface area contributed by atoms with Crippen LogP contribution in [0.4, 0.5) is 23.2 Å². The van der Waals surface area contributed by atoms with E-state index in [9.17, 15) is 27.2 Å². The first-order chi connectivity index (χ1) is 17.0. The third kappa shape index (κ3) is 3.74. The second kappa shape index (κ2) is 8.11. The van der Waals surface area contributed by atoms with Gasteiger partial charge in [-0.25, -0.2) is 9.50 Å². The number of benzene rings is 2. The Labute approximate surface area is 200 Å². The number of nitrogens with zero attached hydrogens (tertiary/aromatic N) is 2. The molecule has 12 heteroatoms. The van der Waals surface area contributed by atoms with E-state index in [1.165, 1.54) is 44.2 Å². The number of para-hydroxylation sites is 1. The van der Waals surface area contributed by atoms with Gasteiger partial charge >= 0.3 is 12.2 Å². The largest absolute Gasteiger partial charge is 0.435 e. The summed E-state index contributed by atoms with van der Waals surface area (Å²) in [6.07, 6.45) is -5.00. The minimum absolute atomic E-state index is 0.00792. The Hall–Kier alpha value is -4.35. The summed E-state index contributed by atoms with van der Waals surface area (Å²) in [5.41, 5.74) is -3.54. The summed E-state index contributed by atoms with van der Waals surface area (Å²) in [4.78, 5) is 29.9. The second-order valence-electron chi connectivity index (χ2n) is 8.08. The van der Waals surface area contributed by atoms with Crippen LogP contribution in [0.3, 0.4) is 0 Å². The predicted octanol–water partition coefficient (Wildman–Crippen LogP) is 5.07. The predicted molar refractivity (Wildman–Crippen MR) is 121 cm³/mol. The molecule has 5 rings (SSSR count). The monoisotopic (exact) mass is 502 g/mol. The van der Waals surface area contributed by atoms with Gasteiger partial charge in [0.05, 0.1) is 12.1 Å². The number of hydrogen-bond donors (Lipinski definition) is 2. The van der Waals surface area contributed by atoms with Gasteiger partial charge in [0.15, 0.2) is 17.2 Å². The summed E-state index contributed by atoms with van der Waals surface area (Å²) in [5.74, 6) is -0.968. The molecule has 0 saturated carbocycles. The molecule has 0 fully saturated rings. The van der Waals surface area contributed by atoms with Crippen LogP contribution in [0.15, 0.2) is 53.3 Å². The standard InChI is InChI=1S/C24H18F4N4O4/c1-3-23(25)35-15-11-7-10-14(19(15)36-23)29-22(34)16-12(2)31-32-17(13-8-5-4-6-9-13)20(24(26,27)28)30-21(32)18(16)33/h4-11,31H,3H2,1-2H3,(H,29,34). The van der Waals surface area contributed by atoms with Crippen LogP contribution < -0.4 is 20.2 Å². The van der Waals surface area contributed by atoms with Crippen molar-refractivity contribution in [2.45, 2.75) is 32.5 Å². The summed E-state index contributed by atoms with van der Waals surface area (Å²) in [5, 5.41) is 5.14. The van der Waals surface area contributed by atoms with Gasteiger partial charge in [0.25, 0.3) is 5.91 Å². The van der Waals surface area contributed by atoms with Crippen molar-refractivity contribution in [3.63, 3.8) is 0 Å². The number of fused-ring (bicyclic) bond motifs is 2. The van der Waals surface area contributed by atoms with Gasteiger partial charge in [0.2, 0.25) is 11.1 Å². The maximum absolute atomic E-state index is 14.5. The van der Waals surface area contributed by atoms with E-state index in [2.05, 4.69) is 15.4 Å². The Kier molecular flexibility index (Phi) is 5.27. The van der Waals surface area contributed by atoms with Crippen molar-refractivity contribution >= 4 is 17.2 Å². The van der Waals surface area contributed by atoms with Crippen LogP contribution in [0.5, 0.6) is 11.5 Å². The molecule has 0 spiro atoms. The Morgan fingerprint density at radius 3 is 2.53 bits per heavy atom. The summed E-state index contributed by atoms with van der Waals surface area (Å²) in [7, 11) is 0. The topological polar surface area (TPSA) is 97.7 Å². The SMILES string of the molecule is CCC1(F)Oc2cccc(NC(=O)c3c(C)[nH]n4c(-c5ccccc5)c(C(F)(F)F)nc4c3=O)c2O1. The van der Waals surface area contributed by atoms with Gasteiger partial charge in [0.1, 0.15) is 11.3 Å². The van der Waals surface area contributed by atoms with Crippen molar-refractivity contribution in [3.8, 4) is 22.8 Å². The van der Waals surface area contributed by atoms with Crippen molar-refractivity contribution in [2.24, 2.45) is 0 Å². The highest BCUT2D eigenvalue weighted by Crippen LogP contribution is 2.46. The molecule has 0 saturated heterocycles. The van der Waals surface area contributed by atoms with Gasteiger partial charge in [-0.2, -0.15) is 17.6 Å². The highest BCUT2D eigenvalue weighted by atomic mass is 19.4. The number of aromatic amines is 1. The molecule has 8 nitrogen and oxygen atoms in total. The molecule has 1 aliphatic rings. The average Bonchev–Trinajstić information content (AvgIpc) is 3.38. The van der Waals surface area contributed by atoms with Gasteiger partial charge < -0.3 is 14.8 Å². The summed E-state index contributed by atoms with van der Waals surface area (Å²) >= 11 is 0. The fraction of sp³-hybridized carbons (Fsp3) is 0.208. The van der Waals surface area contributed by atoms with Gasteiger partial charge in [0, 0.05) is 11.3 Å². The molecule has 1 atom stereocenters. The molecule has 3 heterocycles. The second-order valence-corrected chi connectivity index (χ2v) is 8.08. The molecule has 2 aromatic carbocycles. The first-order valence-corrected chi connectivity index (χ1v) is 10.8. The number of rotatable bonds is 4. The molecule has 36 heavy (non-hydrogen) atoms. The number of hydrogen-bond acceptors (Lipinski definition) is 5. The molecule has 1 amide bonds. The zero-order valence-electron chi connectivity index (χ0n) is 18.9. The summed E-state index contributed by atoms with van der Waals surface area (Å²) in [6, 6.07) is 9.57. The minimum atomic E-state index is -4.87. The molecule has 2 N–H and O–H groups in total. The van der Waals surface area contributed by atoms with Crippen LogP contribution in [0, 0.1) is 6.92 Å². The van der Waals surface area contributed by atoms with E-state index in [0.29, 0.717) is 0 Å². The number of anilines is 1. The van der Waals surface area contributed by atoms with Crippen molar-refractivity contribution in [2.75, 3.05) is 5.32 Å². The lowest BCUT2D eigenvalue weighted by atomic mass is 10.1. The molecule has 1 unspecified atom stereocenters. The van der Waals surface area contributed by atoms with Gasteiger partial charge in [-0.05, 0) is 19.1 Å². The third-order valence-electron chi connectivity index (χ3n) is 5.67. The van der Waals surface area contributed by atoms with Gasteiger partial charge in [-0.15, -0.1) is 0 Å². The van der Waals surface area contributed by atoms with Crippen LogP contribution in [-0.2, 0) is 6.18 Å². The van der Waals surface area contributed by atoms with Crippen molar-refractivity contribution < 1.29 is 31.8 Å². The first kappa shape index (κ1) is 23.4. The van der Waals surface area contributed by atoms with E-state index < -0.39 is 40.5 Å². The highest BCUT2D eigenvalue weighted by Gasteiger charge is 2.42. The molecular weight excluding hydrogens is 484 g/mol. The highest BCUT2D eigenvalue weighted by molar-refractivity contribution is 6.06. The lowest BCUT2D eigenvalue weighted by molar-refractivity contribution is -0.191. The number of carbonyl (C=O) groups is 1. The molecule has 4 aromatic rings. The summed E-state index contributed by atoms with van der Waals surface area (Å²) < 4.78 is 67.3. The number of aryl methyl sites for hydroxylation is 1. The molecule has 2 aromatic heterocycles. The fourth-order valence-electron chi connectivity index (χ4n) is 3.99. The van der Waals surface area contributed by atoms with Crippen LogP contribution in [0.25, 0.3) is 16.9 Å². The van der Waals surface area contributed by atoms with E-state index >= 15 is 0 Å². The lowest BCUT2D eigenvalue weighted by Gasteiger charge is -2.15. The number of ether oxygens (including phenoxy) is 2. The molecule has 1 aliphatic heterocycles. The zero-order chi connectivity index (χ0) is 25.8. The van der Waals surface area contributed by atoms with Crippen molar-refractivity contribution in [1.29, 1.82) is 0 Å². The van der Waals surface area contributed by atoms with Crippen molar-refractivity contribution in [1.82, 2.24) is 14.6 Å². The van der Waals surface area contributed by atoms with E-state index in [0.717, 1.165) is 4.52 Å². The van der Waals surface area contributed by atoms with Gasteiger partial charge in [-0.1, -0.05) is 43.3 Å². The molecule has 186 valence electrons. The van der Waals surface area contributed by atoms with Crippen LogP contribution in [0.2, 0.25) is 0 Å². The Balaban J connectivity index is 1.61. The number of alkyl halides is 4. The van der Waals surface area contributed by atoms with E-state index in [1.54, 1.807) is 18.2 Å². The maximum Gasteiger partial charge on any atom is 0.435 e. The number of halogens is 4. The third-order valence-corrected chi connectivity index (χ3v) is 5.67. The quantitative estimate of drug-likeness (QED) is 0.380. The maximum atomic E-state index is 14.5. The fourth-order valence-corrected chi connectivity index (χ4v) is 3.99. The van der Waals surface area contributed by atoms with Crippen LogP contribution in [0.1, 0.15) is 35.1 Å². The molecule has 0 radical (unpaired) electrons. The first-order valence-electron chi connectivity index (χ1n) is 10.8. The lowest BCUT2D eigenvalue weighted by Crippen LogP contribution is -2.31. The average molecular weight is 502 g/mol. The molecular formula is C24H18F4N4O4. The number of aromatic nitrogens is 3. The minimum Gasteiger partial charge on any atom is -0.423 e. The van der Waals surface area contributed by atoms with Crippen molar-refractivity contribution in [3.05, 3.63) is 75.7 Å². The van der Waals surface area contributed by atoms with E-state index in [1.807, 2.05) is 0 Å². The number of H-pyrrole nitrogens is 1. The van der Waals surface area contributed by atoms with Gasteiger partial charge in [-0.3, -0.25) is 14.7 Å². The van der Waals surface area contributed by atoms with Crippen LogP contribution >= 0.6 is 0 Å². The summed E-state index contributed by atoms with van der Waals surface area (Å²) in [6.45, 7) is 2.88. The number of imidazole rings is 1.